The van der Waals surface area contributed by atoms with Crippen molar-refractivity contribution in [2.24, 2.45) is 11.8 Å². The molecule has 1 aliphatic carbocycles. The van der Waals surface area contributed by atoms with E-state index in [0.717, 1.165) is 31.2 Å². The lowest BCUT2D eigenvalue weighted by Gasteiger charge is -2.27. The molecule has 0 aliphatic heterocycles. The van der Waals surface area contributed by atoms with Crippen molar-refractivity contribution in [2.45, 2.75) is 30.6 Å². The van der Waals surface area contributed by atoms with Gasteiger partial charge in [-0.15, -0.1) is 0 Å². The molecule has 1 aromatic carbocycles. The van der Waals surface area contributed by atoms with Crippen LogP contribution in [0.3, 0.4) is 0 Å². The normalized spacial score (nSPS) is 20.9. The third-order valence-corrected chi connectivity index (χ3v) is 7.37. The molecule has 2 aromatic rings. The molecule has 4 nitrogen and oxygen atoms in total. The smallest absolute Gasteiger partial charge is 0.178 e. The van der Waals surface area contributed by atoms with Gasteiger partial charge in [-0.25, -0.2) is 8.42 Å². The molecule has 0 radical (unpaired) electrons. The SMILES string of the molecule is O=S(=O)(CC1CCC(CO)CC1)c1ccc(-c2ncc(Cl)cc2Cl)cc1. The Kier molecular flexibility index (Phi) is 6.23. The minimum Gasteiger partial charge on any atom is -0.396 e. The zero-order chi connectivity index (χ0) is 18.7. The molecule has 1 saturated carbocycles. The number of pyridine rings is 1. The van der Waals surface area contributed by atoms with Gasteiger partial charge in [0.25, 0.3) is 0 Å². The van der Waals surface area contributed by atoms with E-state index >= 15 is 0 Å². The van der Waals surface area contributed by atoms with Crippen molar-refractivity contribution in [3.05, 3.63) is 46.6 Å². The Bertz CT molecular complexity index is 861. The van der Waals surface area contributed by atoms with E-state index in [4.69, 9.17) is 23.2 Å². The molecule has 0 spiro atoms. The average Bonchev–Trinajstić information content (AvgIpc) is 2.62. The molecule has 0 amide bonds. The van der Waals surface area contributed by atoms with E-state index in [0.29, 0.717) is 26.6 Å². The van der Waals surface area contributed by atoms with Gasteiger partial charge in [-0.2, -0.15) is 0 Å². The van der Waals surface area contributed by atoms with Crippen LogP contribution in [0.5, 0.6) is 0 Å². The topological polar surface area (TPSA) is 67.3 Å². The highest BCUT2D eigenvalue weighted by Crippen LogP contribution is 2.32. The van der Waals surface area contributed by atoms with E-state index in [2.05, 4.69) is 4.98 Å². The fourth-order valence-electron chi connectivity index (χ4n) is 3.43. The summed E-state index contributed by atoms with van der Waals surface area (Å²) in [7, 11) is -3.34. The minimum absolute atomic E-state index is 0.157. The highest BCUT2D eigenvalue weighted by molar-refractivity contribution is 7.91. The molecule has 1 aromatic heterocycles. The molecule has 26 heavy (non-hydrogen) atoms. The van der Waals surface area contributed by atoms with Gasteiger partial charge in [0.2, 0.25) is 0 Å². The minimum atomic E-state index is -3.34. The van der Waals surface area contributed by atoms with Crippen molar-refractivity contribution in [2.75, 3.05) is 12.4 Å². The molecule has 0 bridgehead atoms. The molecule has 0 saturated heterocycles. The Morgan fingerprint density at radius 1 is 1.04 bits per heavy atom. The number of rotatable bonds is 5. The maximum Gasteiger partial charge on any atom is 0.178 e. The standard InChI is InChI=1S/C19H21Cl2NO3S/c20-16-9-18(21)19(22-10-16)15-5-7-17(8-6-15)26(24,25)12-14-3-1-13(11-23)2-4-14/h5-10,13-14,23H,1-4,11-12H2. The lowest BCUT2D eigenvalue weighted by molar-refractivity contribution is 0.172. The van der Waals surface area contributed by atoms with Gasteiger partial charge in [0, 0.05) is 18.4 Å². The number of sulfone groups is 1. The van der Waals surface area contributed by atoms with Crippen molar-refractivity contribution in [1.82, 2.24) is 4.98 Å². The van der Waals surface area contributed by atoms with E-state index in [1.54, 1.807) is 30.3 Å². The van der Waals surface area contributed by atoms with Gasteiger partial charge in [-0.05, 0) is 55.7 Å². The molecule has 1 aliphatic rings. The first-order valence-electron chi connectivity index (χ1n) is 8.64. The molecule has 0 unspecified atom stereocenters. The monoisotopic (exact) mass is 413 g/mol. The third-order valence-electron chi connectivity index (χ3n) is 4.97. The molecule has 7 heteroatoms. The summed E-state index contributed by atoms with van der Waals surface area (Å²) >= 11 is 12.0. The van der Waals surface area contributed by atoms with Gasteiger partial charge in [0.1, 0.15) is 0 Å². The van der Waals surface area contributed by atoms with Crippen molar-refractivity contribution in [3.8, 4) is 11.3 Å². The van der Waals surface area contributed by atoms with E-state index in [9.17, 15) is 13.5 Å². The Balaban J connectivity index is 1.73. The number of halogens is 2. The number of aliphatic hydroxyl groups is 1. The first kappa shape index (κ1) is 19.6. The lowest BCUT2D eigenvalue weighted by Crippen LogP contribution is -2.23. The Labute approximate surface area is 164 Å². The molecule has 140 valence electrons. The van der Waals surface area contributed by atoms with E-state index in [1.165, 1.54) is 6.20 Å². The zero-order valence-electron chi connectivity index (χ0n) is 14.2. The van der Waals surface area contributed by atoms with Crippen LogP contribution in [0.25, 0.3) is 11.3 Å². The Hall–Kier alpha value is -1.14. The van der Waals surface area contributed by atoms with Gasteiger partial charge in [-0.1, -0.05) is 35.3 Å². The molecular formula is C19H21Cl2NO3S. The number of hydrogen-bond acceptors (Lipinski definition) is 4. The van der Waals surface area contributed by atoms with E-state index in [1.807, 2.05) is 0 Å². The second-order valence-corrected chi connectivity index (χ2v) is 9.74. The summed E-state index contributed by atoms with van der Waals surface area (Å²) in [5, 5.41) is 10.1. The van der Waals surface area contributed by atoms with Crippen LogP contribution < -0.4 is 0 Å². The first-order valence-corrected chi connectivity index (χ1v) is 11.0. The van der Waals surface area contributed by atoms with Crippen molar-refractivity contribution in [3.63, 3.8) is 0 Å². The highest BCUT2D eigenvalue weighted by Gasteiger charge is 2.26. The van der Waals surface area contributed by atoms with Gasteiger partial charge in [0.15, 0.2) is 9.84 Å². The average molecular weight is 414 g/mol. The van der Waals surface area contributed by atoms with Gasteiger partial charge >= 0.3 is 0 Å². The van der Waals surface area contributed by atoms with Crippen LogP contribution in [0.2, 0.25) is 10.0 Å². The van der Waals surface area contributed by atoms with Crippen LogP contribution in [0.4, 0.5) is 0 Å². The van der Waals surface area contributed by atoms with Crippen molar-refractivity contribution in [1.29, 1.82) is 0 Å². The number of aromatic nitrogens is 1. The summed E-state index contributed by atoms with van der Waals surface area (Å²) in [4.78, 5) is 4.53. The number of benzene rings is 1. The van der Waals surface area contributed by atoms with Crippen LogP contribution >= 0.6 is 23.2 Å². The summed E-state index contributed by atoms with van der Waals surface area (Å²) in [5.74, 6) is 0.643. The van der Waals surface area contributed by atoms with Crippen LogP contribution in [-0.2, 0) is 9.84 Å². The number of aliphatic hydroxyl groups excluding tert-OH is 1. The predicted molar refractivity (Wildman–Crippen MR) is 104 cm³/mol. The molecular weight excluding hydrogens is 393 g/mol. The van der Waals surface area contributed by atoms with Crippen LogP contribution in [0.15, 0.2) is 41.4 Å². The second kappa shape index (κ2) is 8.26. The number of hydrogen-bond donors (Lipinski definition) is 1. The van der Waals surface area contributed by atoms with Gasteiger partial charge in [-0.3, -0.25) is 4.98 Å². The van der Waals surface area contributed by atoms with Gasteiger partial charge < -0.3 is 5.11 Å². The fraction of sp³-hybridized carbons (Fsp3) is 0.421. The first-order chi connectivity index (χ1) is 12.4. The fourth-order valence-corrected chi connectivity index (χ4v) is 5.62. The molecule has 0 atom stereocenters. The summed E-state index contributed by atoms with van der Waals surface area (Å²) in [6.45, 7) is 0.197. The maximum absolute atomic E-state index is 12.7. The summed E-state index contributed by atoms with van der Waals surface area (Å²) < 4.78 is 25.4. The highest BCUT2D eigenvalue weighted by atomic mass is 35.5. The van der Waals surface area contributed by atoms with Crippen LogP contribution in [0.1, 0.15) is 25.7 Å². The largest absolute Gasteiger partial charge is 0.396 e. The number of nitrogens with zero attached hydrogens (tertiary/aromatic N) is 1. The summed E-state index contributed by atoms with van der Waals surface area (Å²) in [6, 6.07) is 8.27. The van der Waals surface area contributed by atoms with Crippen molar-refractivity contribution >= 4 is 33.0 Å². The van der Waals surface area contributed by atoms with Crippen LogP contribution in [-0.4, -0.2) is 30.9 Å². The predicted octanol–water partition coefficient (Wildman–Crippen LogP) is 4.63. The second-order valence-electron chi connectivity index (χ2n) is 6.86. The Morgan fingerprint density at radius 3 is 2.23 bits per heavy atom. The maximum atomic E-state index is 12.7. The van der Waals surface area contributed by atoms with E-state index < -0.39 is 9.84 Å². The summed E-state index contributed by atoms with van der Waals surface area (Å²) in [5.41, 5.74) is 1.32. The molecule has 3 rings (SSSR count). The van der Waals surface area contributed by atoms with Gasteiger partial charge in [0.05, 0.1) is 26.4 Å². The molecule has 1 heterocycles. The zero-order valence-corrected chi connectivity index (χ0v) is 16.6. The molecule has 1 fully saturated rings. The quantitative estimate of drug-likeness (QED) is 0.775. The van der Waals surface area contributed by atoms with Crippen LogP contribution in [0, 0.1) is 11.8 Å². The Morgan fingerprint density at radius 2 is 1.65 bits per heavy atom. The van der Waals surface area contributed by atoms with E-state index in [-0.39, 0.29) is 18.3 Å². The van der Waals surface area contributed by atoms with Crippen molar-refractivity contribution < 1.29 is 13.5 Å². The summed E-state index contributed by atoms with van der Waals surface area (Å²) in [6.07, 6.45) is 5.02. The molecule has 1 N–H and O–H groups in total. The lowest BCUT2D eigenvalue weighted by atomic mass is 9.83. The third kappa shape index (κ3) is 4.58.